The van der Waals surface area contributed by atoms with Gasteiger partial charge in [-0.2, -0.15) is 5.10 Å². The van der Waals surface area contributed by atoms with Crippen LogP contribution in [0, 0.1) is 5.41 Å². The van der Waals surface area contributed by atoms with Crippen LogP contribution in [0.5, 0.6) is 0 Å². The van der Waals surface area contributed by atoms with E-state index in [9.17, 15) is 9.59 Å². The second-order valence-corrected chi connectivity index (χ2v) is 8.25. The number of amides is 2. The minimum Gasteiger partial charge on any atom is -0.369 e. The Morgan fingerprint density at radius 2 is 1.81 bits per heavy atom. The minimum atomic E-state index is -0.865. The van der Waals surface area contributed by atoms with Crippen molar-refractivity contribution >= 4 is 22.8 Å². The highest BCUT2D eigenvalue weighted by atomic mass is 16.2. The van der Waals surface area contributed by atoms with Gasteiger partial charge >= 0.3 is 0 Å². The van der Waals surface area contributed by atoms with Crippen molar-refractivity contribution in [1.82, 2.24) is 25.1 Å². The van der Waals surface area contributed by atoms with Gasteiger partial charge in [0.2, 0.25) is 5.91 Å². The molecule has 0 aliphatic heterocycles. The van der Waals surface area contributed by atoms with Gasteiger partial charge in [0.05, 0.1) is 34.8 Å². The van der Waals surface area contributed by atoms with Crippen LogP contribution >= 0.6 is 0 Å². The van der Waals surface area contributed by atoms with Gasteiger partial charge in [-0.1, -0.05) is 30.3 Å². The first-order chi connectivity index (χ1) is 15.3. The molecule has 3 heterocycles. The summed E-state index contributed by atoms with van der Waals surface area (Å²) in [7, 11) is 0. The van der Waals surface area contributed by atoms with E-state index in [1.165, 1.54) is 0 Å². The van der Waals surface area contributed by atoms with Crippen LogP contribution in [0.25, 0.3) is 22.3 Å². The molecule has 0 atom stereocenters. The largest absolute Gasteiger partial charge is 0.369 e. The maximum absolute atomic E-state index is 13.1. The van der Waals surface area contributed by atoms with Crippen molar-refractivity contribution in [2.75, 3.05) is 6.54 Å². The maximum Gasteiger partial charge on any atom is 0.252 e. The lowest BCUT2D eigenvalue weighted by atomic mass is 9.92. The molecule has 3 aromatic heterocycles. The molecule has 4 aromatic rings. The van der Waals surface area contributed by atoms with Crippen LogP contribution in [0.3, 0.4) is 0 Å². The van der Waals surface area contributed by atoms with E-state index in [4.69, 9.17) is 10.7 Å². The lowest BCUT2D eigenvalue weighted by molar-refractivity contribution is -0.125. The number of nitrogens with two attached hydrogens (primary N) is 1. The van der Waals surface area contributed by atoms with Crippen LogP contribution in [0.15, 0.2) is 67.1 Å². The molecule has 0 aliphatic rings. The standard InChI is InChI=1S/C24H24N6O2/c1-24(2,23(25)32)15-27-22(31)18-12-20(17-6-4-3-5-7-17)29-21-19(18)13-28-30(21)14-16-8-10-26-11-9-16/h3-13H,14-15H2,1-2H3,(H2,25,32)(H,27,31). The predicted octanol–water partition coefficient (Wildman–Crippen LogP) is 2.78. The number of aromatic nitrogens is 4. The third kappa shape index (κ3) is 4.34. The van der Waals surface area contributed by atoms with Gasteiger partial charge in [0.1, 0.15) is 0 Å². The molecule has 0 saturated heterocycles. The van der Waals surface area contributed by atoms with Crippen molar-refractivity contribution in [3.8, 4) is 11.3 Å². The van der Waals surface area contributed by atoms with Crippen molar-refractivity contribution < 1.29 is 9.59 Å². The van der Waals surface area contributed by atoms with Crippen molar-refractivity contribution in [2.24, 2.45) is 11.1 Å². The number of hydrogen-bond acceptors (Lipinski definition) is 5. The molecule has 0 aliphatic carbocycles. The number of hydrogen-bond donors (Lipinski definition) is 2. The Bertz CT molecular complexity index is 1270. The lowest BCUT2D eigenvalue weighted by Crippen LogP contribution is -2.42. The molecule has 0 unspecified atom stereocenters. The van der Waals surface area contributed by atoms with Gasteiger partial charge in [0.15, 0.2) is 5.65 Å². The average molecular weight is 428 g/mol. The van der Waals surface area contributed by atoms with Crippen molar-refractivity contribution in [2.45, 2.75) is 20.4 Å². The molecule has 8 nitrogen and oxygen atoms in total. The van der Waals surface area contributed by atoms with Gasteiger partial charge in [-0.25, -0.2) is 9.67 Å². The average Bonchev–Trinajstić information content (AvgIpc) is 3.20. The number of nitrogens with one attached hydrogen (secondary N) is 1. The van der Waals surface area contributed by atoms with E-state index in [-0.39, 0.29) is 12.5 Å². The van der Waals surface area contributed by atoms with E-state index in [0.717, 1.165) is 11.1 Å². The first-order valence-electron chi connectivity index (χ1n) is 10.2. The maximum atomic E-state index is 13.1. The van der Waals surface area contributed by atoms with Gasteiger partial charge in [-0.3, -0.25) is 14.6 Å². The lowest BCUT2D eigenvalue weighted by Gasteiger charge is -2.21. The molecule has 0 radical (unpaired) electrons. The molecule has 32 heavy (non-hydrogen) atoms. The molecule has 4 rings (SSSR count). The summed E-state index contributed by atoms with van der Waals surface area (Å²) in [6, 6.07) is 15.2. The Balaban J connectivity index is 1.77. The zero-order valence-electron chi connectivity index (χ0n) is 17.9. The van der Waals surface area contributed by atoms with Gasteiger partial charge in [-0.05, 0) is 37.6 Å². The molecular formula is C24H24N6O2. The molecule has 162 valence electrons. The van der Waals surface area contributed by atoms with E-state index in [0.29, 0.717) is 28.8 Å². The van der Waals surface area contributed by atoms with E-state index in [1.54, 1.807) is 43.2 Å². The summed E-state index contributed by atoms with van der Waals surface area (Å²) in [4.78, 5) is 33.6. The first-order valence-corrected chi connectivity index (χ1v) is 10.2. The number of fused-ring (bicyclic) bond motifs is 1. The molecule has 8 heteroatoms. The number of primary amides is 1. The van der Waals surface area contributed by atoms with Crippen LogP contribution in [-0.4, -0.2) is 38.1 Å². The smallest absolute Gasteiger partial charge is 0.252 e. The SMILES string of the molecule is CC(C)(CNC(=O)c1cc(-c2ccccc2)nc2c1cnn2Cc1ccncc1)C(N)=O. The monoisotopic (exact) mass is 428 g/mol. The summed E-state index contributed by atoms with van der Waals surface area (Å²) in [6.45, 7) is 4.00. The van der Waals surface area contributed by atoms with Crippen molar-refractivity contribution in [3.63, 3.8) is 0 Å². The number of pyridine rings is 2. The summed E-state index contributed by atoms with van der Waals surface area (Å²) in [5, 5.41) is 7.96. The normalized spacial score (nSPS) is 11.4. The van der Waals surface area contributed by atoms with E-state index in [2.05, 4.69) is 15.4 Å². The highest BCUT2D eigenvalue weighted by Gasteiger charge is 2.26. The topological polar surface area (TPSA) is 116 Å². The van der Waals surface area contributed by atoms with Gasteiger partial charge in [0, 0.05) is 24.5 Å². The Morgan fingerprint density at radius 1 is 1.09 bits per heavy atom. The summed E-state index contributed by atoms with van der Waals surface area (Å²) < 4.78 is 1.77. The number of carbonyl (C=O) groups excluding carboxylic acids is 2. The van der Waals surface area contributed by atoms with E-state index < -0.39 is 11.3 Å². The quantitative estimate of drug-likeness (QED) is 0.470. The molecular weight excluding hydrogens is 404 g/mol. The van der Waals surface area contributed by atoms with Crippen molar-refractivity contribution in [3.05, 3.63) is 78.2 Å². The van der Waals surface area contributed by atoms with Crippen LogP contribution in [0.1, 0.15) is 29.8 Å². The third-order valence-corrected chi connectivity index (χ3v) is 5.36. The van der Waals surface area contributed by atoms with Crippen LogP contribution in [0.2, 0.25) is 0 Å². The molecule has 1 aromatic carbocycles. The summed E-state index contributed by atoms with van der Waals surface area (Å²) >= 11 is 0. The Labute approximate surface area is 185 Å². The fourth-order valence-electron chi connectivity index (χ4n) is 3.25. The van der Waals surface area contributed by atoms with Crippen molar-refractivity contribution in [1.29, 1.82) is 0 Å². The van der Waals surface area contributed by atoms with Gasteiger partial charge in [0.25, 0.3) is 5.91 Å². The second kappa shape index (κ2) is 8.58. The zero-order chi connectivity index (χ0) is 22.7. The summed E-state index contributed by atoms with van der Waals surface area (Å²) in [5.41, 5.74) is 8.19. The van der Waals surface area contributed by atoms with Gasteiger partial charge in [-0.15, -0.1) is 0 Å². The molecule has 0 spiro atoms. The Hall–Kier alpha value is -4.07. The Morgan fingerprint density at radius 3 is 2.50 bits per heavy atom. The van der Waals surface area contributed by atoms with Gasteiger partial charge < -0.3 is 11.1 Å². The number of benzene rings is 1. The third-order valence-electron chi connectivity index (χ3n) is 5.36. The number of nitrogens with zero attached hydrogens (tertiary/aromatic N) is 4. The molecule has 2 amide bonds. The summed E-state index contributed by atoms with van der Waals surface area (Å²) in [6.07, 6.45) is 5.10. The Kier molecular flexibility index (Phi) is 5.68. The minimum absolute atomic E-state index is 0.122. The highest BCUT2D eigenvalue weighted by molar-refractivity contribution is 6.06. The summed E-state index contributed by atoms with van der Waals surface area (Å²) in [5.74, 6) is -0.791. The number of rotatable bonds is 7. The molecule has 0 saturated carbocycles. The van der Waals surface area contributed by atoms with E-state index in [1.807, 2.05) is 42.5 Å². The van der Waals surface area contributed by atoms with Crippen LogP contribution < -0.4 is 11.1 Å². The molecule has 0 fully saturated rings. The zero-order valence-corrected chi connectivity index (χ0v) is 17.9. The fourth-order valence-corrected chi connectivity index (χ4v) is 3.25. The van der Waals surface area contributed by atoms with Crippen LogP contribution in [-0.2, 0) is 11.3 Å². The molecule has 3 N–H and O–H groups in total. The molecule has 0 bridgehead atoms. The first kappa shape index (κ1) is 21.2. The fraction of sp³-hybridized carbons (Fsp3) is 0.208. The number of carbonyl (C=O) groups is 2. The van der Waals surface area contributed by atoms with E-state index >= 15 is 0 Å². The second-order valence-electron chi connectivity index (χ2n) is 8.25. The predicted molar refractivity (Wildman–Crippen MR) is 122 cm³/mol. The highest BCUT2D eigenvalue weighted by Crippen LogP contribution is 2.25. The van der Waals surface area contributed by atoms with Crippen LogP contribution in [0.4, 0.5) is 0 Å².